The van der Waals surface area contributed by atoms with Crippen LogP contribution in [0, 0.1) is 0 Å². The summed E-state index contributed by atoms with van der Waals surface area (Å²) in [7, 11) is 0. The molecular weight excluding hydrogens is 294 g/mol. The first-order valence-electron chi connectivity index (χ1n) is 6.87. The number of rotatable bonds is 4. The van der Waals surface area contributed by atoms with E-state index in [1.54, 1.807) is 18.2 Å². The quantitative estimate of drug-likeness (QED) is 0.797. The smallest absolute Gasteiger partial charge is 0.319 e. The molecule has 1 fully saturated rings. The summed E-state index contributed by atoms with van der Waals surface area (Å²) in [6, 6.07) is 4.06. The minimum Gasteiger partial charge on any atom is -0.492 e. The van der Waals surface area contributed by atoms with Gasteiger partial charge in [-0.3, -0.25) is 4.79 Å². The van der Waals surface area contributed by atoms with Crippen molar-refractivity contribution in [1.82, 2.24) is 10.6 Å². The minimum absolute atomic E-state index is 0.152. The molecule has 1 aliphatic heterocycles. The van der Waals surface area contributed by atoms with Crippen LogP contribution in [0.25, 0.3) is 0 Å². The number of ether oxygens (including phenoxy) is 1. The lowest BCUT2D eigenvalue weighted by Crippen LogP contribution is -2.51. The van der Waals surface area contributed by atoms with Crippen molar-refractivity contribution >= 4 is 29.2 Å². The molecule has 0 saturated carbocycles. The second-order valence-corrected chi connectivity index (χ2v) is 5.07. The number of urea groups is 1. The molecular formula is C14H18ClN3O3. The van der Waals surface area contributed by atoms with E-state index in [0.717, 1.165) is 6.42 Å². The van der Waals surface area contributed by atoms with Gasteiger partial charge in [0.15, 0.2) is 0 Å². The van der Waals surface area contributed by atoms with Crippen LogP contribution in [0.1, 0.15) is 19.8 Å². The monoisotopic (exact) mass is 311 g/mol. The van der Waals surface area contributed by atoms with Crippen molar-refractivity contribution in [2.75, 3.05) is 18.5 Å². The third kappa shape index (κ3) is 4.26. The number of anilines is 1. The third-order valence-electron chi connectivity index (χ3n) is 3.08. The Labute approximate surface area is 128 Å². The first-order valence-corrected chi connectivity index (χ1v) is 7.25. The Morgan fingerprint density at radius 3 is 3.00 bits per heavy atom. The van der Waals surface area contributed by atoms with E-state index in [9.17, 15) is 9.59 Å². The first kappa shape index (κ1) is 15.4. The van der Waals surface area contributed by atoms with E-state index in [1.165, 1.54) is 0 Å². The van der Waals surface area contributed by atoms with E-state index in [1.807, 2.05) is 6.92 Å². The second-order valence-electron chi connectivity index (χ2n) is 4.66. The van der Waals surface area contributed by atoms with E-state index >= 15 is 0 Å². The van der Waals surface area contributed by atoms with E-state index in [0.29, 0.717) is 36.0 Å². The predicted molar refractivity (Wildman–Crippen MR) is 80.8 cm³/mol. The van der Waals surface area contributed by atoms with Gasteiger partial charge in [-0.25, -0.2) is 4.79 Å². The van der Waals surface area contributed by atoms with E-state index in [2.05, 4.69) is 16.0 Å². The summed E-state index contributed by atoms with van der Waals surface area (Å²) in [5.41, 5.74) is 0.539. The Bertz CT molecular complexity index is 536. The van der Waals surface area contributed by atoms with E-state index < -0.39 is 12.1 Å². The molecule has 0 radical (unpaired) electrons. The van der Waals surface area contributed by atoms with Crippen LogP contribution in [0.4, 0.5) is 10.5 Å². The van der Waals surface area contributed by atoms with E-state index in [4.69, 9.17) is 16.3 Å². The number of piperidine rings is 1. The molecule has 1 aromatic rings. The fourth-order valence-electron chi connectivity index (χ4n) is 2.09. The van der Waals surface area contributed by atoms with Crippen molar-refractivity contribution in [2.45, 2.75) is 25.8 Å². The lowest BCUT2D eigenvalue weighted by molar-refractivity contribution is -0.124. The van der Waals surface area contributed by atoms with Crippen LogP contribution in [-0.4, -0.2) is 31.1 Å². The van der Waals surface area contributed by atoms with Crippen LogP contribution in [-0.2, 0) is 4.79 Å². The molecule has 0 aromatic heterocycles. The molecule has 1 aromatic carbocycles. The molecule has 6 nitrogen and oxygen atoms in total. The van der Waals surface area contributed by atoms with Crippen molar-refractivity contribution < 1.29 is 14.3 Å². The standard InChI is InChI=1S/C14H18ClN3O3/c1-2-21-12-6-5-9(8-10(12)15)17-14(20)18-11-4-3-7-16-13(11)19/h5-6,8,11H,2-4,7H2,1H3,(H,16,19)(H2,17,18,20)/t11-/m1/s1. The maximum absolute atomic E-state index is 11.9. The number of hydrogen-bond acceptors (Lipinski definition) is 3. The lowest BCUT2D eigenvalue weighted by atomic mass is 10.1. The SMILES string of the molecule is CCOc1ccc(NC(=O)N[C@@H]2CCCNC2=O)cc1Cl. The van der Waals surface area contributed by atoms with Gasteiger partial charge >= 0.3 is 6.03 Å². The molecule has 1 heterocycles. The Morgan fingerprint density at radius 1 is 1.52 bits per heavy atom. The Hall–Kier alpha value is -1.95. The maximum Gasteiger partial charge on any atom is 0.319 e. The summed E-state index contributed by atoms with van der Waals surface area (Å²) in [5, 5.41) is 8.42. The van der Waals surface area contributed by atoms with Crippen molar-refractivity contribution in [2.24, 2.45) is 0 Å². The first-order chi connectivity index (χ1) is 10.1. The average Bonchev–Trinajstić information content (AvgIpc) is 2.44. The molecule has 0 spiro atoms. The predicted octanol–water partition coefficient (Wildman–Crippen LogP) is 2.14. The van der Waals surface area contributed by atoms with Gasteiger partial charge in [0.1, 0.15) is 11.8 Å². The zero-order chi connectivity index (χ0) is 15.2. The number of carbonyl (C=O) groups is 2. The number of benzene rings is 1. The summed E-state index contributed by atoms with van der Waals surface area (Å²) in [6.45, 7) is 3.04. The van der Waals surface area contributed by atoms with Crippen LogP contribution in [0.2, 0.25) is 5.02 Å². The van der Waals surface area contributed by atoms with Crippen LogP contribution in [0.15, 0.2) is 18.2 Å². The highest BCUT2D eigenvalue weighted by Gasteiger charge is 2.23. The summed E-state index contributed by atoms with van der Waals surface area (Å²) < 4.78 is 5.32. The molecule has 7 heteroatoms. The number of halogens is 1. The van der Waals surface area contributed by atoms with Gasteiger partial charge < -0.3 is 20.7 Å². The molecule has 1 saturated heterocycles. The van der Waals surface area contributed by atoms with Crippen molar-refractivity contribution in [1.29, 1.82) is 0 Å². The molecule has 3 amide bonds. The van der Waals surface area contributed by atoms with Gasteiger partial charge in [-0.05, 0) is 38.0 Å². The van der Waals surface area contributed by atoms with Crippen LogP contribution < -0.4 is 20.7 Å². The average molecular weight is 312 g/mol. The molecule has 1 aliphatic rings. The summed E-state index contributed by atoms with van der Waals surface area (Å²) >= 11 is 6.05. The maximum atomic E-state index is 11.9. The molecule has 114 valence electrons. The third-order valence-corrected chi connectivity index (χ3v) is 3.38. The largest absolute Gasteiger partial charge is 0.492 e. The normalized spacial score (nSPS) is 17.8. The van der Waals surface area contributed by atoms with Gasteiger partial charge in [0, 0.05) is 12.2 Å². The van der Waals surface area contributed by atoms with Gasteiger partial charge in [0.05, 0.1) is 11.6 Å². The van der Waals surface area contributed by atoms with Crippen molar-refractivity contribution in [3.8, 4) is 5.75 Å². The molecule has 0 unspecified atom stereocenters. The van der Waals surface area contributed by atoms with Crippen LogP contribution in [0.3, 0.4) is 0 Å². The topological polar surface area (TPSA) is 79.5 Å². The summed E-state index contributed by atoms with van der Waals surface area (Å²) in [6.07, 6.45) is 1.49. The summed E-state index contributed by atoms with van der Waals surface area (Å²) in [5.74, 6) is 0.415. The van der Waals surface area contributed by atoms with Crippen molar-refractivity contribution in [3.05, 3.63) is 23.2 Å². The Kier molecular flexibility index (Phi) is 5.27. The molecule has 2 rings (SSSR count). The number of carbonyl (C=O) groups excluding carboxylic acids is 2. The number of hydrogen-bond donors (Lipinski definition) is 3. The van der Waals surface area contributed by atoms with Gasteiger partial charge in [-0.1, -0.05) is 11.6 Å². The molecule has 3 N–H and O–H groups in total. The highest BCUT2D eigenvalue weighted by atomic mass is 35.5. The lowest BCUT2D eigenvalue weighted by Gasteiger charge is -2.22. The highest BCUT2D eigenvalue weighted by molar-refractivity contribution is 6.32. The zero-order valence-electron chi connectivity index (χ0n) is 11.7. The number of nitrogens with one attached hydrogen (secondary N) is 3. The fourth-order valence-corrected chi connectivity index (χ4v) is 2.32. The van der Waals surface area contributed by atoms with E-state index in [-0.39, 0.29) is 5.91 Å². The van der Waals surface area contributed by atoms with Gasteiger partial charge in [-0.2, -0.15) is 0 Å². The summed E-state index contributed by atoms with van der Waals surface area (Å²) in [4.78, 5) is 23.4. The van der Waals surface area contributed by atoms with Crippen LogP contribution >= 0.6 is 11.6 Å². The molecule has 0 bridgehead atoms. The highest BCUT2D eigenvalue weighted by Crippen LogP contribution is 2.27. The minimum atomic E-state index is -0.489. The second kappa shape index (κ2) is 7.17. The Morgan fingerprint density at radius 2 is 2.33 bits per heavy atom. The van der Waals surface area contributed by atoms with Crippen LogP contribution in [0.5, 0.6) is 5.75 Å². The van der Waals surface area contributed by atoms with Gasteiger partial charge in [-0.15, -0.1) is 0 Å². The van der Waals surface area contributed by atoms with Gasteiger partial charge in [0.2, 0.25) is 5.91 Å². The van der Waals surface area contributed by atoms with Gasteiger partial charge in [0.25, 0.3) is 0 Å². The molecule has 0 aliphatic carbocycles. The molecule has 1 atom stereocenters. The van der Waals surface area contributed by atoms with Crippen molar-refractivity contribution in [3.63, 3.8) is 0 Å². The zero-order valence-corrected chi connectivity index (χ0v) is 12.5. The fraction of sp³-hybridized carbons (Fsp3) is 0.429. The molecule has 21 heavy (non-hydrogen) atoms. The number of amides is 3. The Balaban J connectivity index is 1.93.